The first-order valence-corrected chi connectivity index (χ1v) is 12.3. The third-order valence-corrected chi connectivity index (χ3v) is 6.87. The maximum atomic E-state index is 12.5. The molecule has 3 aromatic rings. The minimum atomic E-state index is -0.218. The highest BCUT2D eigenvalue weighted by atomic mass is 35.5. The van der Waals surface area contributed by atoms with E-state index in [-0.39, 0.29) is 17.4 Å². The number of carbonyl (C=O) groups is 1. The monoisotopic (exact) mass is 483 g/mol. The quantitative estimate of drug-likeness (QED) is 0.265. The maximum absolute atomic E-state index is 12.5. The highest BCUT2D eigenvalue weighted by Crippen LogP contribution is 2.35. The Balaban J connectivity index is 1.47. The van der Waals surface area contributed by atoms with Gasteiger partial charge in [-0.1, -0.05) is 42.6 Å². The fourth-order valence-electron chi connectivity index (χ4n) is 3.92. The van der Waals surface area contributed by atoms with Crippen molar-refractivity contribution < 1.29 is 9.90 Å². The fraction of sp³-hybridized carbons (Fsp3) is 0.333. The molecule has 1 amide bonds. The van der Waals surface area contributed by atoms with Gasteiger partial charge in [0, 0.05) is 16.6 Å². The summed E-state index contributed by atoms with van der Waals surface area (Å²) in [6, 6.07) is 14.6. The number of rotatable bonds is 7. The molecule has 1 heterocycles. The van der Waals surface area contributed by atoms with Crippen LogP contribution in [0.25, 0.3) is 11.4 Å². The number of phenolic OH excluding ortho intramolecular Hbond substituents is 1. The van der Waals surface area contributed by atoms with Crippen molar-refractivity contribution in [1.29, 1.82) is 0 Å². The lowest BCUT2D eigenvalue weighted by molar-refractivity contribution is -0.118. The molecule has 1 aliphatic carbocycles. The van der Waals surface area contributed by atoms with Crippen LogP contribution in [0.4, 0.5) is 0 Å². The average Bonchev–Trinajstić information content (AvgIpc) is 3.26. The zero-order chi connectivity index (χ0) is 23.2. The van der Waals surface area contributed by atoms with Crippen LogP contribution in [0.5, 0.6) is 5.75 Å². The van der Waals surface area contributed by atoms with Crippen LogP contribution in [0.2, 0.25) is 5.02 Å². The lowest BCUT2D eigenvalue weighted by Crippen LogP contribution is -2.22. The summed E-state index contributed by atoms with van der Waals surface area (Å²) in [5, 5.41) is 23.9. The number of halogens is 1. The Kier molecular flexibility index (Phi) is 7.67. The van der Waals surface area contributed by atoms with Crippen molar-refractivity contribution in [1.82, 2.24) is 20.2 Å². The number of nitrogens with zero attached hydrogens (tertiary/aromatic N) is 4. The zero-order valence-electron chi connectivity index (χ0n) is 18.4. The van der Waals surface area contributed by atoms with E-state index in [1.54, 1.807) is 31.2 Å². The first-order valence-electron chi connectivity index (χ1n) is 11.0. The summed E-state index contributed by atoms with van der Waals surface area (Å²) >= 11 is 7.43. The molecule has 33 heavy (non-hydrogen) atoms. The number of hydrazone groups is 1. The number of phenols is 1. The Bertz CT molecular complexity index is 1120. The van der Waals surface area contributed by atoms with E-state index in [2.05, 4.69) is 25.3 Å². The molecule has 1 aliphatic rings. The van der Waals surface area contributed by atoms with E-state index in [0.717, 1.165) is 34.9 Å². The van der Waals surface area contributed by atoms with Crippen molar-refractivity contribution in [3.05, 3.63) is 59.1 Å². The number of benzene rings is 2. The largest absolute Gasteiger partial charge is 0.508 e. The normalized spacial score (nSPS) is 14.9. The summed E-state index contributed by atoms with van der Waals surface area (Å²) in [5.41, 5.74) is 5.04. The first kappa shape index (κ1) is 23.3. The molecule has 0 saturated heterocycles. The second kappa shape index (κ2) is 10.9. The number of amides is 1. The zero-order valence-corrected chi connectivity index (χ0v) is 19.9. The van der Waals surface area contributed by atoms with Gasteiger partial charge in [0.2, 0.25) is 0 Å². The standard InChI is InChI=1S/C24H26ClN5O2S/c1-16(17-9-13-21(31)14-10-17)26-27-22(32)15-33-24-29-28-23(18-7-11-19(25)12-8-18)30(24)20-5-3-2-4-6-20/h7-14,20,31H,2-6,15H2,1H3,(H,27,32)/b26-16-. The second-order valence-electron chi connectivity index (χ2n) is 8.04. The van der Waals surface area contributed by atoms with Crippen molar-refractivity contribution in [2.45, 2.75) is 50.2 Å². The number of hydrogen-bond acceptors (Lipinski definition) is 6. The molecule has 1 aromatic heterocycles. The van der Waals surface area contributed by atoms with E-state index in [1.165, 1.54) is 31.0 Å². The Hall–Kier alpha value is -2.84. The fourth-order valence-corrected chi connectivity index (χ4v) is 4.84. The van der Waals surface area contributed by atoms with Crippen molar-refractivity contribution in [3.8, 4) is 17.1 Å². The number of carbonyl (C=O) groups excluding carboxylic acids is 1. The van der Waals surface area contributed by atoms with Crippen LogP contribution in [-0.2, 0) is 4.79 Å². The van der Waals surface area contributed by atoms with Crippen LogP contribution in [0.3, 0.4) is 0 Å². The summed E-state index contributed by atoms with van der Waals surface area (Å²) in [7, 11) is 0. The van der Waals surface area contributed by atoms with Crippen molar-refractivity contribution in [2.24, 2.45) is 5.10 Å². The average molecular weight is 484 g/mol. The van der Waals surface area contributed by atoms with Crippen molar-refractivity contribution >= 4 is 35.0 Å². The van der Waals surface area contributed by atoms with Gasteiger partial charge in [0.15, 0.2) is 11.0 Å². The SMILES string of the molecule is C/C(=N/NC(=O)CSc1nnc(-c2ccc(Cl)cc2)n1C1CCCCC1)c1ccc(O)cc1. The van der Waals surface area contributed by atoms with Gasteiger partial charge in [-0.3, -0.25) is 9.36 Å². The predicted molar refractivity (Wildman–Crippen MR) is 132 cm³/mol. The topological polar surface area (TPSA) is 92.4 Å². The Morgan fingerprint density at radius 2 is 1.82 bits per heavy atom. The van der Waals surface area contributed by atoms with E-state index in [0.29, 0.717) is 16.8 Å². The smallest absolute Gasteiger partial charge is 0.250 e. The molecule has 0 spiro atoms. The van der Waals surface area contributed by atoms with Gasteiger partial charge < -0.3 is 5.11 Å². The molecule has 0 radical (unpaired) electrons. The van der Waals surface area contributed by atoms with Gasteiger partial charge in [0.1, 0.15) is 5.75 Å². The minimum Gasteiger partial charge on any atom is -0.508 e. The summed E-state index contributed by atoms with van der Waals surface area (Å²) in [5.74, 6) is 0.955. The molecule has 2 aromatic carbocycles. The first-order chi connectivity index (χ1) is 16.0. The number of nitrogens with one attached hydrogen (secondary N) is 1. The molecule has 0 unspecified atom stereocenters. The van der Waals surface area contributed by atoms with Gasteiger partial charge in [-0.2, -0.15) is 5.10 Å². The Labute approximate surface area is 202 Å². The van der Waals surface area contributed by atoms with E-state index < -0.39 is 0 Å². The molecule has 1 fully saturated rings. The Morgan fingerprint density at radius 3 is 2.52 bits per heavy atom. The lowest BCUT2D eigenvalue weighted by Gasteiger charge is -2.25. The number of aromatic hydroxyl groups is 1. The summed E-state index contributed by atoms with van der Waals surface area (Å²) in [4.78, 5) is 12.5. The molecular weight excluding hydrogens is 458 g/mol. The molecule has 172 valence electrons. The second-order valence-corrected chi connectivity index (χ2v) is 9.42. The van der Waals surface area contributed by atoms with E-state index in [4.69, 9.17) is 11.6 Å². The third kappa shape index (κ3) is 5.94. The van der Waals surface area contributed by atoms with Crippen LogP contribution >= 0.6 is 23.4 Å². The molecule has 7 nitrogen and oxygen atoms in total. The van der Waals surface area contributed by atoms with Gasteiger partial charge in [0.05, 0.1) is 11.5 Å². The molecule has 0 bridgehead atoms. The van der Waals surface area contributed by atoms with Crippen molar-refractivity contribution in [2.75, 3.05) is 5.75 Å². The molecule has 0 atom stereocenters. The van der Waals surface area contributed by atoms with Gasteiger partial charge in [-0.05, 0) is 73.9 Å². The predicted octanol–water partition coefficient (Wildman–Crippen LogP) is 5.44. The summed E-state index contributed by atoms with van der Waals surface area (Å²) in [6.07, 6.45) is 5.76. The van der Waals surface area contributed by atoms with Crippen LogP contribution in [0.1, 0.15) is 50.6 Å². The summed E-state index contributed by atoms with van der Waals surface area (Å²) in [6.45, 7) is 1.80. The molecule has 1 saturated carbocycles. The third-order valence-electron chi connectivity index (χ3n) is 5.67. The molecular formula is C24H26ClN5O2S. The molecule has 2 N–H and O–H groups in total. The van der Waals surface area contributed by atoms with E-state index in [9.17, 15) is 9.90 Å². The number of hydrogen-bond donors (Lipinski definition) is 2. The molecule has 4 rings (SSSR count). The molecule has 9 heteroatoms. The maximum Gasteiger partial charge on any atom is 0.250 e. The van der Waals surface area contributed by atoms with Crippen LogP contribution < -0.4 is 5.43 Å². The van der Waals surface area contributed by atoms with Crippen molar-refractivity contribution in [3.63, 3.8) is 0 Å². The van der Waals surface area contributed by atoms with Gasteiger partial charge in [-0.15, -0.1) is 10.2 Å². The molecule has 0 aliphatic heterocycles. The van der Waals surface area contributed by atoms with Crippen LogP contribution in [0.15, 0.2) is 58.8 Å². The van der Waals surface area contributed by atoms with Gasteiger partial charge in [-0.25, -0.2) is 5.43 Å². The van der Waals surface area contributed by atoms with Gasteiger partial charge >= 0.3 is 0 Å². The minimum absolute atomic E-state index is 0.178. The van der Waals surface area contributed by atoms with E-state index in [1.807, 2.05) is 24.3 Å². The van der Waals surface area contributed by atoms with Crippen LogP contribution in [0, 0.1) is 0 Å². The van der Waals surface area contributed by atoms with Gasteiger partial charge in [0.25, 0.3) is 5.91 Å². The lowest BCUT2D eigenvalue weighted by atomic mass is 9.95. The van der Waals surface area contributed by atoms with E-state index >= 15 is 0 Å². The van der Waals surface area contributed by atoms with Crippen LogP contribution in [-0.4, -0.2) is 37.2 Å². The highest BCUT2D eigenvalue weighted by Gasteiger charge is 2.24. The summed E-state index contributed by atoms with van der Waals surface area (Å²) < 4.78 is 2.19. The Morgan fingerprint density at radius 1 is 1.12 bits per heavy atom. The number of thioether (sulfide) groups is 1. The highest BCUT2D eigenvalue weighted by molar-refractivity contribution is 7.99. The number of aromatic nitrogens is 3.